The smallest absolute Gasteiger partial charge is 0.261 e. The van der Waals surface area contributed by atoms with Crippen LogP contribution in [0.2, 0.25) is 10.0 Å². The van der Waals surface area contributed by atoms with E-state index in [2.05, 4.69) is 0 Å². The summed E-state index contributed by atoms with van der Waals surface area (Å²) in [5.74, 6) is 0.809. The van der Waals surface area contributed by atoms with E-state index in [0.717, 1.165) is 0 Å². The lowest BCUT2D eigenvalue weighted by atomic mass is 10.3. The molecule has 3 nitrogen and oxygen atoms in total. The Balaban J connectivity index is 2.27. The van der Waals surface area contributed by atoms with Crippen LogP contribution in [-0.4, -0.2) is 8.42 Å². The van der Waals surface area contributed by atoms with Gasteiger partial charge in [0.15, 0.2) is 0 Å². The first-order chi connectivity index (χ1) is 8.88. The lowest BCUT2D eigenvalue weighted by Gasteiger charge is -2.08. The molecule has 0 aliphatic heterocycles. The predicted molar refractivity (Wildman–Crippen MR) is 76.0 cm³/mol. The van der Waals surface area contributed by atoms with Gasteiger partial charge in [-0.15, -0.1) is 0 Å². The summed E-state index contributed by atoms with van der Waals surface area (Å²) in [6.07, 6.45) is 0. The molecule has 0 aromatic heterocycles. The number of rotatable bonds is 3. The first kappa shape index (κ1) is 14.5. The number of hydrogen-bond acceptors (Lipinski definition) is 3. The van der Waals surface area contributed by atoms with Crippen LogP contribution in [0.25, 0.3) is 0 Å². The molecule has 2 aromatic carbocycles. The van der Waals surface area contributed by atoms with Crippen molar-refractivity contribution in [3.05, 3.63) is 52.5 Å². The molecule has 0 heterocycles. The molecule has 0 aliphatic rings. The average molecular weight is 338 g/mol. The third kappa shape index (κ3) is 3.54. The summed E-state index contributed by atoms with van der Waals surface area (Å²) >= 11 is 11.8. The highest BCUT2D eigenvalue weighted by molar-refractivity contribution is 8.13. The molecule has 0 atom stereocenters. The van der Waals surface area contributed by atoms with Gasteiger partial charge in [0.25, 0.3) is 9.05 Å². The minimum Gasteiger partial charge on any atom is -0.456 e. The van der Waals surface area contributed by atoms with E-state index in [9.17, 15) is 8.42 Å². The average Bonchev–Trinajstić information content (AvgIpc) is 2.35. The van der Waals surface area contributed by atoms with Crippen molar-refractivity contribution in [3.63, 3.8) is 0 Å². The molecular weight excluding hydrogens is 331 g/mol. The summed E-state index contributed by atoms with van der Waals surface area (Å²) in [6.45, 7) is 0. The molecule has 0 N–H and O–H groups in total. The fraction of sp³-hybridized carbons (Fsp3) is 0. The van der Waals surface area contributed by atoms with Crippen LogP contribution in [-0.2, 0) is 9.05 Å². The van der Waals surface area contributed by atoms with Gasteiger partial charge in [-0.3, -0.25) is 0 Å². The standard InChI is InChI=1S/C12H7Cl3O3S/c13-10-2-1-3-11(12(10)14)18-8-4-6-9(7-5-8)19(15,16)17/h1-7H. The van der Waals surface area contributed by atoms with E-state index in [1.807, 2.05) is 0 Å². The van der Waals surface area contributed by atoms with Crippen molar-refractivity contribution in [2.45, 2.75) is 4.90 Å². The predicted octanol–water partition coefficient (Wildman–Crippen LogP) is 4.71. The summed E-state index contributed by atoms with van der Waals surface area (Å²) in [5, 5.41) is 0.664. The summed E-state index contributed by atoms with van der Waals surface area (Å²) in [4.78, 5) is -0.00120. The summed E-state index contributed by atoms with van der Waals surface area (Å²) < 4.78 is 27.7. The molecule has 0 radical (unpaired) electrons. The van der Waals surface area contributed by atoms with Crippen molar-refractivity contribution in [1.29, 1.82) is 0 Å². The van der Waals surface area contributed by atoms with Gasteiger partial charge in [-0.1, -0.05) is 29.3 Å². The van der Waals surface area contributed by atoms with E-state index in [0.29, 0.717) is 21.5 Å². The maximum Gasteiger partial charge on any atom is 0.261 e. The van der Waals surface area contributed by atoms with Crippen molar-refractivity contribution in [2.75, 3.05) is 0 Å². The van der Waals surface area contributed by atoms with Gasteiger partial charge in [-0.2, -0.15) is 0 Å². The van der Waals surface area contributed by atoms with Gasteiger partial charge in [-0.05, 0) is 36.4 Å². The first-order valence-electron chi connectivity index (χ1n) is 5.04. The monoisotopic (exact) mass is 336 g/mol. The van der Waals surface area contributed by atoms with Gasteiger partial charge in [-0.25, -0.2) is 8.42 Å². The quantitative estimate of drug-likeness (QED) is 0.762. The molecule has 100 valence electrons. The molecule has 19 heavy (non-hydrogen) atoms. The van der Waals surface area contributed by atoms with E-state index in [4.69, 9.17) is 38.6 Å². The van der Waals surface area contributed by atoms with Crippen molar-refractivity contribution < 1.29 is 13.2 Å². The van der Waals surface area contributed by atoms with E-state index >= 15 is 0 Å². The molecule has 0 fully saturated rings. The lowest BCUT2D eigenvalue weighted by Crippen LogP contribution is -1.91. The van der Waals surface area contributed by atoms with Crippen LogP contribution in [0.3, 0.4) is 0 Å². The highest BCUT2D eigenvalue weighted by atomic mass is 35.7. The summed E-state index contributed by atoms with van der Waals surface area (Å²) in [7, 11) is 1.47. The normalized spacial score (nSPS) is 11.3. The second-order valence-electron chi connectivity index (χ2n) is 3.56. The molecule has 0 spiro atoms. The van der Waals surface area contributed by atoms with Crippen LogP contribution < -0.4 is 4.74 Å². The van der Waals surface area contributed by atoms with E-state index in [1.165, 1.54) is 24.3 Å². The van der Waals surface area contributed by atoms with Crippen molar-refractivity contribution in [1.82, 2.24) is 0 Å². The van der Waals surface area contributed by atoms with Crippen LogP contribution in [0.5, 0.6) is 11.5 Å². The zero-order valence-corrected chi connectivity index (χ0v) is 12.4. The number of ether oxygens (including phenoxy) is 1. The Bertz CT molecular complexity index is 697. The maximum absolute atomic E-state index is 11.1. The molecule has 0 unspecified atom stereocenters. The van der Waals surface area contributed by atoms with Crippen LogP contribution >= 0.6 is 33.9 Å². The molecule has 2 aromatic rings. The molecule has 0 aliphatic carbocycles. The fourth-order valence-electron chi connectivity index (χ4n) is 1.36. The summed E-state index contributed by atoms with van der Waals surface area (Å²) in [6, 6.07) is 10.6. The SMILES string of the molecule is O=S(=O)(Cl)c1ccc(Oc2cccc(Cl)c2Cl)cc1. The Hall–Kier alpha value is -0.940. The third-order valence-electron chi connectivity index (χ3n) is 2.25. The zero-order valence-electron chi connectivity index (χ0n) is 9.31. The molecule has 0 saturated carbocycles. The van der Waals surface area contributed by atoms with Crippen LogP contribution in [0.15, 0.2) is 47.4 Å². The Labute approximate surface area is 125 Å². The van der Waals surface area contributed by atoms with Gasteiger partial charge >= 0.3 is 0 Å². The first-order valence-corrected chi connectivity index (χ1v) is 8.11. The minimum absolute atomic E-state index is 0.00120. The molecule has 0 amide bonds. The largest absolute Gasteiger partial charge is 0.456 e. The molecular formula is C12H7Cl3O3S. The van der Waals surface area contributed by atoms with Gasteiger partial charge in [0.05, 0.1) is 9.92 Å². The Morgan fingerprint density at radius 1 is 0.947 bits per heavy atom. The van der Waals surface area contributed by atoms with Crippen LogP contribution in [0, 0.1) is 0 Å². The molecule has 7 heteroatoms. The Kier molecular flexibility index (Phi) is 4.26. The summed E-state index contributed by atoms with van der Waals surface area (Å²) in [5.41, 5.74) is 0. The van der Waals surface area contributed by atoms with E-state index in [-0.39, 0.29) is 4.90 Å². The highest BCUT2D eigenvalue weighted by Gasteiger charge is 2.10. The van der Waals surface area contributed by atoms with E-state index in [1.54, 1.807) is 18.2 Å². The molecule has 2 rings (SSSR count). The van der Waals surface area contributed by atoms with Crippen molar-refractivity contribution >= 4 is 42.9 Å². The highest BCUT2D eigenvalue weighted by Crippen LogP contribution is 2.34. The minimum atomic E-state index is -3.74. The second-order valence-corrected chi connectivity index (χ2v) is 6.91. The van der Waals surface area contributed by atoms with Gasteiger partial charge in [0, 0.05) is 10.7 Å². The molecule has 0 saturated heterocycles. The van der Waals surface area contributed by atoms with Gasteiger partial charge in [0.1, 0.15) is 16.5 Å². The van der Waals surface area contributed by atoms with Crippen molar-refractivity contribution in [3.8, 4) is 11.5 Å². The van der Waals surface area contributed by atoms with Gasteiger partial charge in [0.2, 0.25) is 0 Å². The van der Waals surface area contributed by atoms with Crippen molar-refractivity contribution in [2.24, 2.45) is 0 Å². The zero-order chi connectivity index (χ0) is 14.0. The van der Waals surface area contributed by atoms with E-state index < -0.39 is 9.05 Å². The Morgan fingerprint density at radius 2 is 1.58 bits per heavy atom. The number of benzene rings is 2. The maximum atomic E-state index is 11.1. The number of hydrogen-bond donors (Lipinski definition) is 0. The topological polar surface area (TPSA) is 43.4 Å². The second kappa shape index (κ2) is 5.59. The third-order valence-corrected chi connectivity index (χ3v) is 4.42. The Morgan fingerprint density at radius 3 is 2.16 bits per heavy atom. The molecule has 0 bridgehead atoms. The lowest BCUT2D eigenvalue weighted by molar-refractivity contribution is 0.482. The fourth-order valence-corrected chi connectivity index (χ4v) is 2.46. The van der Waals surface area contributed by atoms with Gasteiger partial charge < -0.3 is 4.74 Å². The van der Waals surface area contributed by atoms with Crippen LogP contribution in [0.4, 0.5) is 0 Å². The van der Waals surface area contributed by atoms with Crippen LogP contribution in [0.1, 0.15) is 0 Å². The number of halogens is 3.